The number of nitrogens with zero attached hydrogens (tertiary/aromatic N) is 3. The van der Waals surface area contributed by atoms with E-state index in [0.717, 1.165) is 55.6 Å². The quantitative estimate of drug-likeness (QED) is 0.371. The van der Waals surface area contributed by atoms with Crippen molar-refractivity contribution in [2.75, 3.05) is 65.0 Å². The van der Waals surface area contributed by atoms with Gasteiger partial charge in [-0.25, -0.2) is 8.42 Å². The van der Waals surface area contributed by atoms with Crippen molar-refractivity contribution in [3.05, 3.63) is 48.2 Å². The second-order valence-electron chi connectivity index (χ2n) is 11.8. The number of hydrogen-bond acceptors (Lipinski definition) is 7. The van der Waals surface area contributed by atoms with E-state index in [9.17, 15) is 13.2 Å². The maximum Gasteiger partial charge on any atom is 0.257 e. The van der Waals surface area contributed by atoms with Gasteiger partial charge in [0.2, 0.25) is 10.0 Å². The van der Waals surface area contributed by atoms with Gasteiger partial charge in [0, 0.05) is 50.5 Å². The summed E-state index contributed by atoms with van der Waals surface area (Å²) in [5.74, 6) is -0.628. The van der Waals surface area contributed by atoms with E-state index in [-0.39, 0.29) is 17.8 Å². The molecule has 1 spiro atoms. The number of carbonyl (C=O) groups excluding carboxylic acids is 1. The zero-order chi connectivity index (χ0) is 28.8. The summed E-state index contributed by atoms with van der Waals surface area (Å²) in [4.78, 5) is 18.4. The number of sulfonamides is 1. The molecule has 220 valence electrons. The third kappa shape index (κ3) is 5.89. The van der Waals surface area contributed by atoms with Crippen LogP contribution in [0.1, 0.15) is 43.0 Å². The lowest BCUT2D eigenvalue weighted by Gasteiger charge is -2.35. The van der Waals surface area contributed by atoms with Crippen molar-refractivity contribution < 1.29 is 23.1 Å². The molecule has 2 aliphatic heterocycles. The number of aliphatic hydroxyl groups is 1. The summed E-state index contributed by atoms with van der Waals surface area (Å²) < 4.78 is 35.1. The number of piperidine rings is 1. The summed E-state index contributed by atoms with van der Waals surface area (Å²) >= 11 is 0. The van der Waals surface area contributed by atoms with Crippen molar-refractivity contribution in [1.29, 1.82) is 0 Å². The van der Waals surface area contributed by atoms with E-state index in [2.05, 4.69) is 37.4 Å². The molecule has 2 saturated heterocycles. The molecule has 0 radical (unpaired) electrons. The highest BCUT2D eigenvalue weighted by Gasteiger charge is 2.44. The maximum atomic E-state index is 13.8. The van der Waals surface area contributed by atoms with Crippen LogP contribution in [0.2, 0.25) is 0 Å². The number of aromatic nitrogens is 1. The lowest BCUT2D eigenvalue weighted by molar-refractivity contribution is 0.0533. The Hall–Kier alpha value is -3.28. The first-order chi connectivity index (χ1) is 19.7. The van der Waals surface area contributed by atoms with Gasteiger partial charge < -0.3 is 29.5 Å². The molecule has 3 aliphatic rings. The number of amides is 1. The minimum Gasteiger partial charge on any atom is -0.395 e. The Labute approximate surface area is 241 Å². The minimum absolute atomic E-state index is 0.118. The molecular formula is C30H39N5O5S. The number of fused-ring (bicyclic) bond motifs is 1. The molecular weight excluding hydrogens is 542 g/mol. The smallest absolute Gasteiger partial charge is 0.257 e. The van der Waals surface area contributed by atoms with Crippen molar-refractivity contribution in [3.63, 3.8) is 0 Å². The predicted molar refractivity (Wildman–Crippen MR) is 163 cm³/mol. The van der Waals surface area contributed by atoms with Gasteiger partial charge in [-0.05, 0) is 74.4 Å². The van der Waals surface area contributed by atoms with Crippen LogP contribution in [0.3, 0.4) is 0 Å². The van der Waals surface area contributed by atoms with Gasteiger partial charge >= 0.3 is 0 Å². The molecule has 41 heavy (non-hydrogen) atoms. The van der Waals surface area contributed by atoms with E-state index in [4.69, 9.17) is 9.84 Å². The van der Waals surface area contributed by atoms with Crippen LogP contribution < -0.4 is 19.8 Å². The van der Waals surface area contributed by atoms with Crippen molar-refractivity contribution >= 4 is 49.6 Å². The molecule has 3 aromatic rings. The summed E-state index contributed by atoms with van der Waals surface area (Å²) in [6.45, 7) is 5.44. The molecule has 1 saturated carbocycles. The molecule has 0 bridgehead atoms. The number of rotatable bonds is 8. The first kappa shape index (κ1) is 27.9. The molecule has 0 unspecified atom stereocenters. The van der Waals surface area contributed by atoms with Crippen LogP contribution in [0.5, 0.6) is 0 Å². The van der Waals surface area contributed by atoms with Gasteiger partial charge in [0.1, 0.15) is 0 Å². The second kappa shape index (κ2) is 10.8. The van der Waals surface area contributed by atoms with E-state index in [0.29, 0.717) is 34.6 Å². The molecule has 1 aromatic heterocycles. The van der Waals surface area contributed by atoms with Crippen LogP contribution in [0.4, 0.5) is 22.7 Å². The van der Waals surface area contributed by atoms with Crippen molar-refractivity contribution in [2.24, 2.45) is 12.5 Å². The zero-order valence-electron chi connectivity index (χ0n) is 23.7. The van der Waals surface area contributed by atoms with Gasteiger partial charge in [-0.1, -0.05) is 0 Å². The van der Waals surface area contributed by atoms with Gasteiger partial charge in [0.05, 0.1) is 53.2 Å². The number of aryl methyl sites for hydroxylation is 1. The standard InChI is InChI=1S/C30H39N5O5S/c1-21-20-35(13-15-40-21)27-19-24(17-22-5-10-33(2)28(22)27)31-29(37)25-4-3-23(32-41(38,39)16-14-36)18-26(25)34-11-8-30(6-7-30)9-12-34/h3-5,10,17-19,21,32,36H,6-9,11-16,20H2,1-2H3,(H,31,37)/t21-/m1/s1. The van der Waals surface area contributed by atoms with Crippen molar-refractivity contribution in [1.82, 2.24) is 4.57 Å². The van der Waals surface area contributed by atoms with Crippen LogP contribution in [-0.2, 0) is 21.8 Å². The van der Waals surface area contributed by atoms with Crippen LogP contribution >= 0.6 is 0 Å². The Balaban J connectivity index is 1.31. The van der Waals surface area contributed by atoms with Gasteiger partial charge in [-0.3, -0.25) is 9.52 Å². The SMILES string of the molecule is C[C@@H]1CN(c2cc(NC(=O)c3ccc(NS(=O)(=O)CCO)cc3N3CCC4(CC3)CC4)cc3ccn(C)c23)CCO1. The summed E-state index contributed by atoms with van der Waals surface area (Å²) in [5.41, 5.74) is 4.92. The highest BCUT2D eigenvalue weighted by Crippen LogP contribution is 2.54. The molecule has 10 nitrogen and oxygen atoms in total. The molecule has 1 amide bonds. The fourth-order valence-electron chi connectivity index (χ4n) is 6.27. The molecule has 1 aliphatic carbocycles. The van der Waals surface area contributed by atoms with Gasteiger partial charge in [0.25, 0.3) is 5.91 Å². The Morgan fingerprint density at radius 3 is 2.49 bits per heavy atom. The van der Waals surface area contributed by atoms with E-state index in [1.165, 1.54) is 12.8 Å². The van der Waals surface area contributed by atoms with E-state index >= 15 is 0 Å². The Bertz CT molecular complexity index is 1550. The van der Waals surface area contributed by atoms with Crippen LogP contribution in [0, 0.1) is 5.41 Å². The zero-order valence-corrected chi connectivity index (χ0v) is 24.5. The third-order valence-corrected chi connectivity index (χ3v) is 10.1. The third-order valence-electron chi connectivity index (χ3n) is 8.79. The molecule has 11 heteroatoms. The number of aliphatic hydroxyl groups excluding tert-OH is 1. The lowest BCUT2D eigenvalue weighted by Crippen LogP contribution is -2.41. The Morgan fingerprint density at radius 1 is 1.02 bits per heavy atom. The van der Waals surface area contributed by atoms with E-state index in [1.807, 2.05) is 25.4 Å². The number of morpholine rings is 1. The first-order valence-electron chi connectivity index (χ1n) is 14.4. The maximum absolute atomic E-state index is 13.8. The van der Waals surface area contributed by atoms with E-state index < -0.39 is 16.6 Å². The van der Waals surface area contributed by atoms with Gasteiger partial charge in [0.15, 0.2) is 0 Å². The topological polar surface area (TPSA) is 116 Å². The molecule has 2 aromatic carbocycles. The molecule has 1 atom stereocenters. The minimum atomic E-state index is -3.70. The summed E-state index contributed by atoms with van der Waals surface area (Å²) in [7, 11) is -1.67. The Kier molecular flexibility index (Phi) is 7.37. The number of anilines is 4. The predicted octanol–water partition coefficient (Wildman–Crippen LogP) is 3.77. The normalized spacial score (nSPS) is 20.4. The summed E-state index contributed by atoms with van der Waals surface area (Å²) in [6, 6.07) is 11.1. The number of carbonyl (C=O) groups is 1. The van der Waals surface area contributed by atoms with Crippen molar-refractivity contribution in [3.8, 4) is 0 Å². The number of benzene rings is 2. The van der Waals surface area contributed by atoms with Crippen LogP contribution in [-0.4, -0.2) is 75.2 Å². The number of ether oxygens (including phenoxy) is 1. The van der Waals surface area contributed by atoms with E-state index in [1.54, 1.807) is 18.2 Å². The number of nitrogens with one attached hydrogen (secondary N) is 2. The molecule has 3 N–H and O–H groups in total. The second-order valence-corrected chi connectivity index (χ2v) is 13.6. The molecule has 3 fully saturated rings. The fraction of sp³-hybridized carbons (Fsp3) is 0.500. The average Bonchev–Trinajstić information content (AvgIpc) is 3.59. The van der Waals surface area contributed by atoms with Crippen molar-refractivity contribution in [2.45, 2.75) is 38.7 Å². The van der Waals surface area contributed by atoms with Gasteiger partial charge in [-0.2, -0.15) is 0 Å². The molecule has 6 rings (SSSR count). The fourth-order valence-corrected chi connectivity index (χ4v) is 7.09. The molecule has 3 heterocycles. The average molecular weight is 582 g/mol. The Morgan fingerprint density at radius 2 is 1.78 bits per heavy atom. The lowest BCUT2D eigenvalue weighted by atomic mass is 9.93. The first-order valence-corrected chi connectivity index (χ1v) is 16.1. The highest BCUT2D eigenvalue weighted by molar-refractivity contribution is 7.92. The monoisotopic (exact) mass is 581 g/mol. The summed E-state index contributed by atoms with van der Waals surface area (Å²) in [5, 5.41) is 13.3. The largest absolute Gasteiger partial charge is 0.395 e. The summed E-state index contributed by atoms with van der Waals surface area (Å²) in [6.07, 6.45) is 6.82. The van der Waals surface area contributed by atoms with Gasteiger partial charge in [-0.15, -0.1) is 0 Å². The van der Waals surface area contributed by atoms with Crippen LogP contribution in [0.15, 0.2) is 42.6 Å². The number of hydrogen-bond donors (Lipinski definition) is 3. The van der Waals surface area contributed by atoms with Crippen LogP contribution in [0.25, 0.3) is 10.9 Å². The highest BCUT2D eigenvalue weighted by atomic mass is 32.2.